The Labute approximate surface area is 66.7 Å². The standard InChI is InChI=1S/C9H8S/c1-2-8-4-3-5-9(6-8)7-10/h1,3-6,10H,7H2. The summed E-state index contributed by atoms with van der Waals surface area (Å²) in [5.74, 6) is 3.31. The van der Waals surface area contributed by atoms with E-state index >= 15 is 0 Å². The van der Waals surface area contributed by atoms with Gasteiger partial charge in [-0.15, -0.1) is 6.42 Å². The summed E-state index contributed by atoms with van der Waals surface area (Å²) in [7, 11) is 0. The molecule has 0 bridgehead atoms. The van der Waals surface area contributed by atoms with Gasteiger partial charge in [0.2, 0.25) is 0 Å². The molecule has 0 nitrogen and oxygen atoms in total. The van der Waals surface area contributed by atoms with E-state index in [1.807, 2.05) is 24.3 Å². The molecule has 0 N–H and O–H groups in total. The van der Waals surface area contributed by atoms with Gasteiger partial charge in [-0.3, -0.25) is 0 Å². The number of hydrogen-bond acceptors (Lipinski definition) is 1. The summed E-state index contributed by atoms with van der Waals surface area (Å²) in [6.07, 6.45) is 5.20. The van der Waals surface area contributed by atoms with E-state index in [9.17, 15) is 0 Å². The highest BCUT2D eigenvalue weighted by Crippen LogP contribution is 2.05. The SMILES string of the molecule is C#Cc1cccc(CS)c1. The summed E-state index contributed by atoms with van der Waals surface area (Å²) in [4.78, 5) is 0. The van der Waals surface area contributed by atoms with Gasteiger partial charge in [0.05, 0.1) is 0 Å². The second-order valence-electron chi connectivity index (χ2n) is 2.00. The number of rotatable bonds is 1. The van der Waals surface area contributed by atoms with Crippen molar-refractivity contribution in [2.45, 2.75) is 5.75 Å². The Kier molecular flexibility index (Phi) is 2.42. The maximum Gasteiger partial charge on any atom is 0.0245 e. The lowest BCUT2D eigenvalue weighted by Gasteiger charge is -1.94. The third-order valence-corrected chi connectivity index (χ3v) is 1.64. The quantitative estimate of drug-likeness (QED) is 0.457. The Morgan fingerprint density at radius 2 is 2.30 bits per heavy atom. The first kappa shape index (κ1) is 7.24. The first-order chi connectivity index (χ1) is 4.86. The molecule has 1 aromatic rings. The molecule has 50 valence electrons. The summed E-state index contributed by atoms with van der Waals surface area (Å²) in [6, 6.07) is 7.83. The van der Waals surface area contributed by atoms with Gasteiger partial charge in [0.15, 0.2) is 0 Å². The van der Waals surface area contributed by atoms with Crippen molar-refractivity contribution in [3.8, 4) is 12.3 Å². The van der Waals surface area contributed by atoms with E-state index in [0.29, 0.717) is 0 Å². The van der Waals surface area contributed by atoms with Crippen LogP contribution >= 0.6 is 12.6 Å². The van der Waals surface area contributed by atoms with Gasteiger partial charge in [0, 0.05) is 11.3 Å². The van der Waals surface area contributed by atoms with Gasteiger partial charge in [-0.2, -0.15) is 12.6 Å². The van der Waals surface area contributed by atoms with E-state index in [1.165, 1.54) is 5.56 Å². The van der Waals surface area contributed by atoms with Gasteiger partial charge in [0.25, 0.3) is 0 Å². The van der Waals surface area contributed by atoms with Gasteiger partial charge in [0.1, 0.15) is 0 Å². The van der Waals surface area contributed by atoms with Crippen LogP contribution in [0.15, 0.2) is 24.3 Å². The monoisotopic (exact) mass is 148 g/mol. The predicted molar refractivity (Wildman–Crippen MR) is 47.1 cm³/mol. The van der Waals surface area contributed by atoms with Crippen molar-refractivity contribution in [3.05, 3.63) is 35.4 Å². The predicted octanol–water partition coefficient (Wildman–Crippen LogP) is 2.10. The normalized spacial score (nSPS) is 8.80. The molecule has 0 aliphatic rings. The molecule has 0 unspecified atom stereocenters. The maximum absolute atomic E-state index is 5.20. The van der Waals surface area contributed by atoms with Crippen LogP contribution in [0.4, 0.5) is 0 Å². The largest absolute Gasteiger partial charge is 0.175 e. The van der Waals surface area contributed by atoms with Gasteiger partial charge in [-0.05, 0) is 17.7 Å². The van der Waals surface area contributed by atoms with Crippen molar-refractivity contribution in [1.29, 1.82) is 0 Å². The van der Waals surface area contributed by atoms with E-state index < -0.39 is 0 Å². The van der Waals surface area contributed by atoms with Gasteiger partial charge < -0.3 is 0 Å². The van der Waals surface area contributed by atoms with Crippen LogP contribution in [0, 0.1) is 12.3 Å². The molecule has 0 aromatic heterocycles. The van der Waals surface area contributed by atoms with E-state index in [0.717, 1.165) is 11.3 Å². The molecule has 0 amide bonds. The molecule has 10 heavy (non-hydrogen) atoms. The van der Waals surface area contributed by atoms with Crippen molar-refractivity contribution in [2.24, 2.45) is 0 Å². The molecule has 0 fully saturated rings. The molecule has 0 saturated heterocycles. The molecule has 0 atom stereocenters. The Morgan fingerprint density at radius 1 is 1.50 bits per heavy atom. The summed E-state index contributed by atoms with van der Waals surface area (Å²) < 4.78 is 0. The molecule has 0 aliphatic heterocycles. The lowest BCUT2D eigenvalue weighted by atomic mass is 10.1. The minimum Gasteiger partial charge on any atom is -0.175 e. The van der Waals surface area contributed by atoms with Crippen LogP contribution in [-0.4, -0.2) is 0 Å². The lowest BCUT2D eigenvalue weighted by molar-refractivity contribution is 1.41. The van der Waals surface area contributed by atoms with Crippen molar-refractivity contribution < 1.29 is 0 Å². The molecule has 1 rings (SSSR count). The summed E-state index contributed by atoms with van der Waals surface area (Å²) in [6.45, 7) is 0. The van der Waals surface area contributed by atoms with Crippen molar-refractivity contribution in [2.75, 3.05) is 0 Å². The summed E-state index contributed by atoms with van der Waals surface area (Å²) >= 11 is 4.13. The molecule has 0 saturated carbocycles. The molecule has 1 aromatic carbocycles. The first-order valence-corrected chi connectivity index (χ1v) is 3.66. The highest BCUT2D eigenvalue weighted by molar-refractivity contribution is 7.79. The highest BCUT2D eigenvalue weighted by Gasteiger charge is 1.88. The van der Waals surface area contributed by atoms with Gasteiger partial charge >= 0.3 is 0 Å². The lowest BCUT2D eigenvalue weighted by Crippen LogP contribution is -1.78. The topological polar surface area (TPSA) is 0 Å². The zero-order valence-corrected chi connectivity index (χ0v) is 6.44. The number of thiol groups is 1. The smallest absolute Gasteiger partial charge is 0.0245 e. The number of benzene rings is 1. The van der Waals surface area contributed by atoms with Crippen LogP contribution < -0.4 is 0 Å². The fourth-order valence-electron chi connectivity index (χ4n) is 0.759. The van der Waals surface area contributed by atoms with Crippen molar-refractivity contribution >= 4 is 12.6 Å². The van der Waals surface area contributed by atoms with Gasteiger partial charge in [-0.1, -0.05) is 18.1 Å². The van der Waals surface area contributed by atoms with Crippen LogP contribution in [0.2, 0.25) is 0 Å². The van der Waals surface area contributed by atoms with Crippen LogP contribution in [0.25, 0.3) is 0 Å². The van der Waals surface area contributed by atoms with E-state index in [1.54, 1.807) is 0 Å². The third-order valence-electron chi connectivity index (χ3n) is 1.28. The van der Waals surface area contributed by atoms with Crippen LogP contribution in [0.1, 0.15) is 11.1 Å². The van der Waals surface area contributed by atoms with Crippen LogP contribution in [-0.2, 0) is 5.75 Å². The van der Waals surface area contributed by atoms with Crippen molar-refractivity contribution in [1.82, 2.24) is 0 Å². The highest BCUT2D eigenvalue weighted by atomic mass is 32.1. The number of hydrogen-bond donors (Lipinski definition) is 1. The number of terminal acetylenes is 1. The Morgan fingerprint density at radius 3 is 2.90 bits per heavy atom. The zero-order chi connectivity index (χ0) is 7.40. The molecule has 0 aliphatic carbocycles. The van der Waals surface area contributed by atoms with Crippen molar-refractivity contribution in [3.63, 3.8) is 0 Å². The molecule has 0 heterocycles. The van der Waals surface area contributed by atoms with Crippen LogP contribution in [0.5, 0.6) is 0 Å². The molecule has 0 spiro atoms. The Bertz CT molecular complexity index is 258. The van der Waals surface area contributed by atoms with Crippen LogP contribution in [0.3, 0.4) is 0 Å². The first-order valence-electron chi connectivity index (χ1n) is 3.03. The second kappa shape index (κ2) is 3.34. The van der Waals surface area contributed by atoms with E-state index in [-0.39, 0.29) is 0 Å². The van der Waals surface area contributed by atoms with Gasteiger partial charge in [-0.25, -0.2) is 0 Å². The Balaban J connectivity index is 3.01. The molecular formula is C9H8S. The maximum atomic E-state index is 5.20. The Hall–Kier alpha value is -0.870. The zero-order valence-electron chi connectivity index (χ0n) is 5.54. The average Bonchev–Trinajstić information content (AvgIpc) is 2.05. The fourth-order valence-corrected chi connectivity index (χ4v) is 0.956. The minimum atomic E-state index is 0.746. The molecular weight excluding hydrogens is 140 g/mol. The average molecular weight is 148 g/mol. The fraction of sp³-hybridized carbons (Fsp3) is 0.111. The summed E-state index contributed by atoms with van der Waals surface area (Å²) in [5.41, 5.74) is 2.09. The van der Waals surface area contributed by atoms with E-state index in [4.69, 9.17) is 6.42 Å². The molecule has 0 radical (unpaired) electrons. The van der Waals surface area contributed by atoms with E-state index in [2.05, 4.69) is 18.5 Å². The molecule has 1 heteroatoms. The minimum absolute atomic E-state index is 0.746. The third kappa shape index (κ3) is 1.55. The second-order valence-corrected chi connectivity index (χ2v) is 2.32. The summed E-state index contributed by atoms with van der Waals surface area (Å²) in [5, 5.41) is 0.